The first-order valence-corrected chi connectivity index (χ1v) is 3.00. The zero-order valence-electron chi connectivity index (χ0n) is 5.73. The zero-order valence-corrected chi connectivity index (χ0v) is 5.73. The van der Waals surface area contributed by atoms with Crippen LogP contribution in [0.4, 0.5) is 0 Å². The van der Waals surface area contributed by atoms with Gasteiger partial charge in [-0.3, -0.25) is 9.63 Å². The SMILES string of the molecule is O=CNOCc1ncccn1. The van der Waals surface area contributed by atoms with Crippen LogP contribution in [0.15, 0.2) is 18.5 Å². The Morgan fingerprint density at radius 1 is 1.55 bits per heavy atom. The Bertz CT molecular complexity index is 214. The monoisotopic (exact) mass is 153 g/mol. The molecular weight excluding hydrogens is 146 g/mol. The van der Waals surface area contributed by atoms with Gasteiger partial charge in [-0.2, -0.15) is 0 Å². The van der Waals surface area contributed by atoms with Crippen LogP contribution in [0.3, 0.4) is 0 Å². The van der Waals surface area contributed by atoms with E-state index < -0.39 is 0 Å². The van der Waals surface area contributed by atoms with Crippen molar-refractivity contribution in [1.29, 1.82) is 0 Å². The number of carbonyl (C=O) groups is 1. The van der Waals surface area contributed by atoms with Crippen molar-refractivity contribution < 1.29 is 9.63 Å². The molecule has 11 heavy (non-hydrogen) atoms. The predicted molar refractivity (Wildman–Crippen MR) is 36.0 cm³/mol. The van der Waals surface area contributed by atoms with Crippen LogP contribution in [0.1, 0.15) is 5.82 Å². The zero-order chi connectivity index (χ0) is 7.94. The average Bonchev–Trinajstić information content (AvgIpc) is 2.07. The molecule has 1 aromatic heterocycles. The Morgan fingerprint density at radius 3 is 2.91 bits per heavy atom. The molecule has 1 heterocycles. The minimum Gasteiger partial charge on any atom is -0.277 e. The van der Waals surface area contributed by atoms with Crippen LogP contribution in [0.5, 0.6) is 0 Å². The summed E-state index contributed by atoms with van der Waals surface area (Å²) in [5, 5.41) is 0. The van der Waals surface area contributed by atoms with Gasteiger partial charge in [0.15, 0.2) is 5.82 Å². The van der Waals surface area contributed by atoms with Crippen LogP contribution in [-0.4, -0.2) is 16.4 Å². The van der Waals surface area contributed by atoms with E-state index in [1.165, 1.54) is 0 Å². The van der Waals surface area contributed by atoms with Crippen molar-refractivity contribution >= 4 is 6.41 Å². The van der Waals surface area contributed by atoms with Gasteiger partial charge < -0.3 is 0 Å². The van der Waals surface area contributed by atoms with Crippen molar-refractivity contribution in [2.24, 2.45) is 0 Å². The summed E-state index contributed by atoms with van der Waals surface area (Å²) in [6.45, 7) is 0.180. The van der Waals surface area contributed by atoms with Crippen molar-refractivity contribution in [2.45, 2.75) is 6.61 Å². The minimum atomic E-state index is 0.180. The Balaban J connectivity index is 2.33. The number of rotatable bonds is 4. The molecule has 1 rings (SSSR count). The molecule has 1 aromatic rings. The van der Waals surface area contributed by atoms with Gasteiger partial charge in [0.05, 0.1) is 0 Å². The van der Waals surface area contributed by atoms with Gasteiger partial charge in [-0.1, -0.05) is 0 Å². The van der Waals surface area contributed by atoms with E-state index in [0.29, 0.717) is 12.2 Å². The second-order valence-corrected chi connectivity index (χ2v) is 1.69. The summed E-state index contributed by atoms with van der Waals surface area (Å²) in [5.74, 6) is 0.529. The number of nitrogens with one attached hydrogen (secondary N) is 1. The van der Waals surface area contributed by atoms with Crippen LogP contribution in [0, 0.1) is 0 Å². The highest BCUT2D eigenvalue weighted by Crippen LogP contribution is 1.87. The van der Waals surface area contributed by atoms with Gasteiger partial charge in [-0.25, -0.2) is 15.4 Å². The second-order valence-electron chi connectivity index (χ2n) is 1.69. The normalized spacial score (nSPS) is 9.09. The molecule has 0 spiro atoms. The Morgan fingerprint density at radius 2 is 2.27 bits per heavy atom. The quantitative estimate of drug-likeness (QED) is 0.365. The Labute approximate surface area is 63.4 Å². The molecule has 0 bridgehead atoms. The first-order valence-electron chi connectivity index (χ1n) is 3.00. The molecule has 58 valence electrons. The van der Waals surface area contributed by atoms with Crippen LogP contribution >= 0.6 is 0 Å². The first-order chi connectivity index (χ1) is 5.43. The molecule has 0 fully saturated rings. The summed E-state index contributed by atoms with van der Waals surface area (Å²) >= 11 is 0. The van der Waals surface area contributed by atoms with Crippen molar-refractivity contribution in [3.8, 4) is 0 Å². The number of hydroxylamine groups is 1. The Hall–Kier alpha value is -1.49. The lowest BCUT2D eigenvalue weighted by atomic mass is 10.6. The molecule has 5 heteroatoms. The van der Waals surface area contributed by atoms with Gasteiger partial charge in [0.2, 0.25) is 6.41 Å². The lowest BCUT2D eigenvalue weighted by molar-refractivity contribution is -0.121. The number of nitrogens with zero attached hydrogens (tertiary/aromatic N) is 2. The average molecular weight is 153 g/mol. The van der Waals surface area contributed by atoms with Crippen molar-refractivity contribution in [3.05, 3.63) is 24.3 Å². The maximum atomic E-state index is 9.72. The number of hydrogen-bond acceptors (Lipinski definition) is 4. The van der Waals surface area contributed by atoms with E-state index in [1.54, 1.807) is 18.5 Å². The summed E-state index contributed by atoms with van der Waals surface area (Å²) in [6, 6.07) is 1.71. The second kappa shape index (κ2) is 4.35. The molecule has 0 saturated carbocycles. The van der Waals surface area contributed by atoms with E-state index in [-0.39, 0.29) is 6.61 Å². The summed E-state index contributed by atoms with van der Waals surface area (Å²) in [4.78, 5) is 22.1. The van der Waals surface area contributed by atoms with Gasteiger partial charge in [0.25, 0.3) is 0 Å². The number of amides is 1. The predicted octanol–water partition coefficient (Wildman–Crippen LogP) is -0.346. The van der Waals surface area contributed by atoms with E-state index in [9.17, 15) is 4.79 Å². The molecule has 0 saturated heterocycles. The fourth-order valence-corrected chi connectivity index (χ4v) is 0.545. The summed E-state index contributed by atoms with van der Waals surface area (Å²) in [7, 11) is 0. The molecular formula is C6H7N3O2. The number of aromatic nitrogens is 2. The lowest BCUT2D eigenvalue weighted by Crippen LogP contribution is -2.12. The standard InChI is InChI=1S/C6H7N3O2/c10-5-9-11-4-6-7-2-1-3-8-6/h1-3,5H,4H2,(H,9,10). The highest BCUT2D eigenvalue weighted by molar-refractivity contribution is 5.43. The van der Waals surface area contributed by atoms with E-state index >= 15 is 0 Å². The maximum absolute atomic E-state index is 9.72. The van der Waals surface area contributed by atoms with Gasteiger partial charge >= 0.3 is 0 Å². The van der Waals surface area contributed by atoms with Crippen molar-refractivity contribution in [2.75, 3.05) is 0 Å². The van der Waals surface area contributed by atoms with Crippen molar-refractivity contribution in [3.63, 3.8) is 0 Å². The fraction of sp³-hybridized carbons (Fsp3) is 0.167. The highest BCUT2D eigenvalue weighted by atomic mass is 16.6. The topological polar surface area (TPSA) is 64.1 Å². The molecule has 0 aliphatic carbocycles. The smallest absolute Gasteiger partial charge is 0.230 e. The lowest BCUT2D eigenvalue weighted by Gasteiger charge is -1.97. The molecule has 0 aliphatic heterocycles. The molecule has 0 aromatic carbocycles. The van der Waals surface area contributed by atoms with Crippen LogP contribution in [0.25, 0.3) is 0 Å². The number of hydrogen-bond donors (Lipinski definition) is 1. The summed E-state index contributed by atoms with van der Waals surface area (Å²) < 4.78 is 0. The first kappa shape index (κ1) is 7.62. The third-order valence-corrected chi connectivity index (χ3v) is 0.952. The molecule has 0 radical (unpaired) electrons. The van der Waals surface area contributed by atoms with Crippen LogP contribution in [0.2, 0.25) is 0 Å². The maximum Gasteiger partial charge on any atom is 0.230 e. The molecule has 5 nitrogen and oxygen atoms in total. The van der Waals surface area contributed by atoms with Crippen LogP contribution in [-0.2, 0) is 16.2 Å². The minimum absolute atomic E-state index is 0.180. The Kier molecular flexibility index (Phi) is 3.01. The van der Waals surface area contributed by atoms with Gasteiger partial charge in [-0.05, 0) is 6.07 Å². The molecule has 0 atom stereocenters. The fourth-order valence-electron chi connectivity index (χ4n) is 0.545. The van der Waals surface area contributed by atoms with E-state index in [4.69, 9.17) is 0 Å². The molecule has 0 aliphatic rings. The summed E-state index contributed by atoms with van der Waals surface area (Å²) in [6.07, 6.45) is 3.65. The molecule has 1 N–H and O–H groups in total. The van der Waals surface area contributed by atoms with E-state index in [0.717, 1.165) is 0 Å². The molecule has 0 unspecified atom stereocenters. The van der Waals surface area contributed by atoms with Crippen molar-refractivity contribution in [1.82, 2.24) is 15.4 Å². The highest BCUT2D eigenvalue weighted by Gasteiger charge is 1.91. The largest absolute Gasteiger partial charge is 0.277 e. The third kappa shape index (κ3) is 2.72. The van der Waals surface area contributed by atoms with E-state index in [1.807, 2.05) is 5.48 Å². The van der Waals surface area contributed by atoms with E-state index in [2.05, 4.69) is 14.8 Å². The molecule has 1 amide bonds. The van der Waals surface area contributed by atoms with Gasteiger partial charge in [0, 0.05) is 12.4 Å². The van der Waals surface area contributed by atoms with Gasteiger partial charge in [0.1, 0.15) is 6.61 Å². The third-order valence-electron chi connectivity index (χ3n) is 0.952. The summed E-state index contributed by atoms with van der Waals surface area (Å²) in [5.41, 5.74) is 2.04. The number of carbonyl (C=O) groups excluding carboxylic acids is 1. The van der Waals surface area contributed by atoms with Gasteiger partial charge in [-0.15, -0.1) is 0 Å². The van der Waals surface area contributed by atoms with Crippen LogP contribution < -0.4 is 5.48 Å².